The number of nitrogens with zero attached hydrogens (tertiary/aromatic N) is 1. The Labute approximate surface area is 247 Å². The molecule has 3 unspecified atom stereocenters. The largest absolute Gasteiger partial charge is 0.493 e. The van der Waals surface area contributed by atoms with Crippen LogP contribution in [0.1, 0.15) is 48.0 Å². The van der Waals surface area contributed by atoms with E-state index in [-0.39, 0.29) is 44.2 Å². The molecule has 0 saturated heterocycles. The Morgan fingerprint density at radius 1 is 1.32 bits per heavy atom. The van der Waals surface area contributed by atoms with Gasteiger partial charge in [0.25, 0.3) is 0 Å². The van der Waals surface area contributed by atoms with Crippen molar-refractivity contribution in [2.75, 3.05) is 20.3 Å². The molecule has 1 aliphatic rings. The zero-order valence-electron chi connectivity index (χ0n) is 22.4. The van der Waals surface area contributed by atoms with Crippen LogP contribution in [0.25, 0.3) is 0 Å². The Morgan fingerprint density at radius 3 is 2.77 bits per heavy atom. The standard InChI is InChI=1S/C29H35IN2O8/c1-3-4-5-6-7-26(35)32(16-19-8-11-39-18-19)23-14-21(29(37)31-9-10-33)15-24(27(23)36)40-28-22(30)12-20(17-34)13-25(28)38-2/h3,8,11-13,15,17-18,23-24,27,33,36H,1,4-7,9-10,14,16H2,2H3,(H,31,37). The highest BCUT2D eigenvalue weighted by Gasteiger charge is 2.41. The van der Waals surface area contributed by atoms with Gasteiger partial charge in [-0.05, 0) is 66.1 Å². The highest BCUT2D eigenvalue weighted by atomic mass is 127. The number of aliphatic hydroxyl groups excluding tert-OH is 2. The summed E-state index contributed by atoms with van der Waals surface area (Å²) in [6, 6.07) is 4.08. The van der Waals surface area contributed by atoms with Crippen LogP contribution in [0.3, 0.4) is 0 Å². The molecule has 1 heterocycles. The smallest absolute Gasteiger partial charge is 0.247 e. The zero-order valence-corrected chi connectivity index (χ0v) is 24.5. The van der Waals surface area contributed by atoms with E-state index in [9.17, 15) is 24.6 Å². The van der Waals surface area contributed by atoms with Crippen LogP contribution in [-0.4, -0.2) is 71.7 Å². The van der Waals surface area contributed by atoms with Crippen LogP contribution < -0.4 is 14.8 Å². The Hall–Kier alpha value is -3.16. The zero-order chi connectivity index (χ0) is 29.1. The van der Waals surface area contributed by atoms with E-state index in [4.69, 9.17) is 13.9 Å². The van der Waals surface area contributed by atoms with Gasteiger partial charge in [0.05, 0.1) is 35.9 Å². The van der Waals surface area contributed by atoms with Crippen molar-refractivity contribution in [1.82, 2.24) is 10.2 Å². The van der Waals surface area contributed by atoms with Crippen molar-refractivity contribution in [2.24, 2.45) is 0 Å². The number of allylic oxidation sites excluding steroid dienone is 1. The van der Waals surface area contributed by atoms with Crippen LogP contribution in [0.5, 0.6) is 11.5 Å². The maximum Gasteiger partial charge on any atom is 0.247 e. The van der Waals surface area contributed by atoms with Crippen LogP contribution in [0.15, 0.2) is 59.4 Å². The van der Waals surface area contributed by atoms with E-state index in [0.29, 0.717) is 33.2 Å². The molecule has 3 N–H and O–H groups in total. The first-order valence-electron chi connectivity index (χ1n) is 13.0. The minimum atomic E-state index is -1.20. The molecule has 2 amide bonds. The number of ether oxygens (including phenoxy) is 2. The van der Waals surface area contributed by atoms with E-state index in [1.54, 1.807) is 23.1 Å². The maximum absolute atomic E-state index is 13.5. The molecular formula is C29H35IN2O8. The van der Waals surface area contributed by atoms with Gasteiger partial charge >= 0.3 is 0 Å². The summed E-state index contributed by atoms with van der Waals surface area (Å²) in [5.41, 5.74) is 1.44. The van der Waals surface area contributed by atoms with E-state index in [0.717, 1.165) is 18.4 Å². The van der Waals surface area contributed by atoms with Gasteiger partial charge in [-0.25, -0.2) is 0 Å². The minimum absolute atomic E-state index is 0.0504. The summed E-state index contributed by atoms with van der Waals surface area (Å²) in [5.74, 6) is -0.0229. The van der Waals surface area contributed by atoms with Gasteiger partial charge in [0, 0.05) is 42.6 Å². The van der Waals surface area contributed by atoms with Gasteiger partial charge in [0.1, 0.15) is 18.5 Å². The van der Waals surface area contributed by atoms with E-state index in [1.807, 2.05) is 22.6 Å². The van der Waals surface area contributed by atoms with Crippen LogP contribution in [0.2, 0.25) is 0 Å². The highest BCUT2D eigenvalue weighted by Crippen LogP contribution is 2.37. The summed E-state index contributed by atoms with van der Waals surface area (Å²) in [5, 5.41) is 23.5. The lowest BCUT2D eigenvalue weighted by Gasteiger charge is -2.40. The quantitative estimate of drug-likeness (QED) is 0.114. The van der Waals surface area contributed by atoms with Crippen molar-refractivity contribution >= 4 is 40.7 Å². The summed E-state index contributed by atoms with van der Waals surface area (Å²) >= 11 is 2.01. The van der Waals surface area contributed by atoms with Gasteiger partial charge in [0.15, 0.2) is 11.5 Å². The predicted octanol–water partition coefficient (Wildman–Crippen LogP) is 3.40. The van der Waals surface area contributed by atoms with E-state index < -0.39 is 24.2 Å². The Kier molecular flexibility index (Phi) is 12.2. The van der Waals surface area contributed by atoms with Gasteiger partial charge in [0.2, 0.25) is 11.8 Å². The third kappa shape index (κ3) is 8.18. The number of hydrogen-bond donors (Lipinski definition) is 3. The number of nitrogens with one attached hydrogen (secondary N) is 1. The Morgan fingerprint density at radius 2 is 2.12 bits per heavy atom. The summed E-state index contributed by atoms with van der Waals surface area (Å²) in [6.07, 6.45) is 7.41. The number of rotatable bonds is 15. The predicted molar refractivity (Wildman–Crippen MR) is 156 cm³/mol. The number of furan rings is 1. The molecule has 40 heavy (non-hydrogen) atoms. The topological polar surface area (TPSA) is 139 Å². The first-order valence-corrected chi connectivity index (χ1v) is 14.1. The fourth-order valence-corrected chi connectivity index (χ4v) is 5.27. The fraction of sp³-hybridized carbons (Fsp3) is 0.414. The van der Waals surface area contributed by atoms with Gasteiger partial charge in [-0.1, -0.05) is 6.08 Å². The molecule has 0 spiro atoms. The summed E-state index contributed by atoms with van der Waals surface area (Å²) < 4.78 is 17.5. The van der Waals surface area contributed by atoms with Crippen LogP contribution in [-0.2, 0) is 16.1 Å². The third-order valence-electron chi connectivity index (χ3n) is 6.56. The lowest BCUT2D eigenvalue weighted by molar-refractivity contribution is -0.139. The molecule has 0 bridgehead atoms. The second-order valence-electron chi connectivity index (χ2n) is 9.36. The number of amides is 2. The van der Waals surface area contributed by atoms with Crippen molar-refractivity contribution in [1.29, 1.82) is 0 Å². The fourth-order valence-electron chi connectivity index (χ4n) is 4.52. The molecule has 1 aromatic heterocycles. The molecular weight excluding hydrogens is 631 g/mol. The highest BCUT2D eigenvalue weighted by molar-refractivity contribution is 14.1. The van der Waals surface area contributed by atoms with E-state index in [2.05, 4.69) is 11.9 Å². The second kappa shape index (κ2) is 15.6. The Balaban J connectivity index is 1.98. The molecule has 3 atom stereocenters. The molecule has 10 nitrogen and oxygen atoms in total. The lowest BCUT2D eigenvalue weighted by Crippen LogP contribution is -2.54. The van der Waals surface area contributed by atoms with Crippen molar-refractivity contribution in [3.63, 3.8) is 0 Å². The summed E-state index contributed by atoms with van der Waals surface area (Å²) in [7, 11) is 1.44. The molecule has 216 valence electrons. The van der Waals surface area contributed by atoms with Crippen LogP contribution in [0, 0.1) is 3.57 Å². The number of benzene rings is 1. The molecule has 1 aliphatic carbocycles. The molecule has 11 heteroatoms. The monoisotopic (exact) mass is 666 g/mol. The van der Waals surface area contributed by atoms with Gasteiger partial charge in [-0.15, -0.1) is 6.58 Å². The minimum Gasteiger partial charge on any atom is -0.493 e. The van der Waals surface area contributed by atoms with Gasteiger partial charge in [-0.3, -0.25) is 14.4 Å². The number of hydrogen-bond acceptors (Lipinski definition) is 8. The molecule has 0 aliphatic heterocycles. The number of unbranched alkanes of at least 4 members (excludes halogenated alkanes) is 2. The molecule has 0 fully saturated rings. The van der Waals surface area contributed by atoms with Crippen molar-refractivity contribution < 1.29 is 38.5 Å². The number of carbonyl (C=O) groups is 3. The van der Waals surface area contributed by atoms with Gasteiger partial charge in [-0.2, -0.15) is 0 Å². The second-order valence-corrected chi connectivity index (χ2v) is 10.5. The van der Waals surface area contributed by atoms with E-state index >= 15 is 0 Å². The molecule has 0 saturated carbocycles. The van der Waals surface area contributed by atoms with Crippen molar-refractivity contribution in [3.05, 3.63) is 69.7 Å². The summed E-state index contributed by atoms with van der Waals surface area (Å²) in [6.45, 7) is 3.71. The van der Waals surface area contributed by atoms with E-state index in [1.165, 1.54) is 31.8 Å². The number of halogens is 1. The van der Waals surface area contributed by atoms with Crippen LogP contribution >= 0.6 is 22.6 Å². The molecule has 1 aromatic carbocycles. The average Bonchev–Trinajstić information content (AvgIpc) is 3.48. The Bertz CT molecular complexity index is 1200. The number of carbonyl (C=O) groups excluding carboxylic acids is 3. The molecule has 0 radical (unpaired) electrons. The van der Waals surface area contributed by atoms with Gasteiger partial charge < -0.3 is 34.3 Å². The third-order valence-corrected chi connectivity index (χ3v) is 7.36. The first-order chi connectivity index (χ1) is 19.3. The number of methoxy groups -OCH3 is 1. The van der Waals surface area contributed by atoms with Crippen molar-refractivity contribution in [3.8, 4) is 11.5 Å². The van der Waals surface area contributed by atoms with Crippen molar-refractivity contribution in [2.45, 2.75) is 56.9 Å². The average molecular weight is 667 g/mol. The normalized spacial score (nSPS) is 18.4. The van der Waals surface area contributed by atoms with Crippen LogP contribution in [0.4, 0.5) is 0 Å². The number of aliphatic hydroxyl groups is 2. The maximum atomic E-state index is 13.5. The molecule has 3 rings (SSSR count). The molecule has 2 aromatic rings. The first kappa shape index (κ1) is 31.4. The summed E-state index contributed by atoms with van der Waals surface area (Å²) in [4.78, 5) is 39.5. The lowest BCUT2D eigenvalue weighted by atomic mass is 9.87. The number of aldehydes is 1. The SMILES string of the molecule is C=CCCCCC(=O)N(Cc1ccoc1)C1CC(C(=O)NCCO)=CC(Oc2c(I)cc(C=O)cc2OC)C1O.